The first kappa shape index (κ1) is 14.3. The molecule has 4 heteroatoms. The van der Waals surface area contributed by atoms with Crippen molar-refractivity contribution in [2.45, 2.75) is 51.6 Å². The number of fused-ring (bicyclic) bond motifs is 1. The van der Waals surface area contributed by atoms with E-state index >= 15 is 0 Å². The lowest BCUT2D eigenvalue weighted by Crippen LogP contribution is -2.35. The third-order valence-corrected chi connectivity index (χ3v) is 4.38. The molecule has 0 radical (unpaired) electrons. The highest BCUT2D eigenvalue weighted by Gasteiger charge is 2.12. The molecule has 3 rings (SSSR count). The molecule has 1 heterocycles. The van der Waals surface area contributed by atoms with Crippen LogP contribution in [0.5, 0.6) is 0 Å². The number of nitrogens with one attached hydrogen (secondary N) is 1. The second-order valence-corrected chi connectivity index (χ2v) is 6.03. The largest absolute Gasteiger partial charge is 0.312 e. The van der Waals surface area contributed by atoms with Crippen molar-refractivity contribution in [3.05, 3.63) is 40.3 Å². The maximum atomic E-state index is 12.1. The van der Waals surface area contributed by atoms with Crippen molar-refractivity contribution in [2.24, 2.45) is 0 Å². The second kappa shape index (κ2) is 6.39. The van der Waals surface area contributed by atoms with Gasteiger partial charge >= 0.3 is 0 Å². The monoisotopic (exact) mass is 285 g/mol. The topological polar surface area (TPSA) is 46.9 Å². The number of hydrogen-bond donors (Lipinski definition) is 1. The predicted molar refractivity (Wildman–Crippen MR) is 85.6 cm³/mol. The van der Waals surface area contributed by atoms with Crippen LogP contribution >= 0.6 is 0 Å². The molecule has 1 aliphatic carbocycles. The van der Waals surface area contributed by atoms with Gasteiger partial charge in [0.15, 0.2) is 0 Å². The second-order valence-electron chi connectivity index (χ2n) is 6.03. The number of aryl methyl sites for hydroxylation is 1. The molecule has 0 spiro atoms. The zero-order valence-corrected chi connectivity index (χ0v) is 12.6. The predicted octanol–water partition coefficient (Wildman–Crippen LogP) is 2.63. The Balaban J connectivity index is 1.74. The summed E-state index contributed by atoms with van der Waals surface area (Å²) in [5.41, 5.74) is 2.97. The molecule has 0 bridgehead atoms. The van der Waals surface area contributed by atoms with E-state index in [0.717, 1.165) is 23.1 Å². The normalized spacial score (nSPS) is 16.4. The van der Waals surface area contributed by atoms with E-state index in [1.165, 1.54) is 38.3 Å². The Morgan fingerprint density at radius 3 is 2.90 bits per heavy atom. The first-order valence-electron chi connectivity index (χ1n) is 7.93. The van der Waals surface area contributed by atoms with Crippen molar-refractivity contribution in [3.63, 3.8) is 0 Å². The minimum absolute atomic E-state index is 0.0152. The highest BCUT2D eigenvalue weighted by Crippen LogP contribution is 2.17. The van der Waals surface area contributed by atoms with E-state index in [1.54, 1.807) is 0 Å². The number of rotatable bonds is 4. The van der Waals surface area contributed by atoms with Gasteiger partial charge in [-0.05, 0) is 37.5 Å². The van der Waals surface area contributed by atoms with Gasteiger partial charge in [0, 0.05) is 19.1 Å². The van der Waals surface area contributed by atoms with E-state index in [1.807, 2.05) is 29.7 Å². The van der Waals surface area contributed by atoms with E-state index in [-0.39, 0.29) is 5.56 Å². The molecule has 1 N–H and O–H groups in total. The van der Waals surface area contributed by atoms with Gasteiger partial charge in [-0.1, -0.05) is 25.3 Å². The van der Waals surface area contributed by atoms with Gasteiger partial charge in [0.05, 0.1) is 17.2 Å². The first-order chi connectivity index (χ1) is 10.2. The van der Waals surface area contributed by atoms with Gasteiger partial charge in [-0.15, -0.1) is 0 Å². The molecule has 0 saturated heterocycles. The van der Waals surface area contributed by atoms with Gasteiger partial charge in [0.25, 0.3) is 5.56 Å². The number of nitrogens with zero attached hydrogens (tertiary/aromatic N) is 2. The molecule has 0 amide bonds. The van der Waals surface area contributed by atoms with Gasteiger partial charge in [-0.2, -0.15) is 0 Å². The van der Waals surface area contributed by atoms with Crippen molar-refractivity contribution in [3.8, 4) is 0 Å². The van der Waals surface area contributed by atoms with Crippen molar-refractivity contribution in [1.29, 1.82) is 0 Å². The molecule has 1 aromatic heterocycles. The van der Waals surface area contributed by atoms with Crippen LogP contribution in [-0.2, 0) is 6.54 Å². The van der Waals surface area contributed by atoms with Gasteiger partial charge in [-0.25, -0.2) is 4.98 Å². The molecule has 0 unspecified atom stereocenters. The Bertz CT molecular complexity index is 671. The van der Waals surface area contributed by atoms with Crippen LogP contribution in [-0.4, -0.2) is 22.1 Å². The highest BCUT2D eigenvalue weighted by atomic mass is 16.1. The van der Waals surface area contributed by atoms with Crippen molar-refractivity contribution < 1.29 is 0 Å². The number of aromatic nitrogens is 2. The number of hydrogen-bond acceptors (Lipinski definition) is 3. The summed E-state index contributed by atoms with van der Waals surface area (Å²) in [6.07, 6.45) is 7.99. The fraction of sp³-hybridized carbons (Fsp3) is 0.529. The molecule has 4 nitrogen and oxygen atoms in total. The lowest BCUT2D eigenvalue weighted by Gasteiger charge is -2.23. The van der Waals surface area contributed by atoms with Crippen LogP contribution in [0.4, 0.5) is 0 Å². The molecule has 0 aliphatic heterocycles. The zero-order valence-electron chi connectivity index (χ0n) is 12.6. The van der Waals surface area contributed by atoms with Crippen LogP contribution in [0.2, 0.25) is 0 Å². The van der Waals surface area contributed by atoms with E-state index in [4.69, 9.17) is 0 Å². The standard InChI is InChI=1S/C17H23N3O/c1-13-7-8-15-16(11-13)20(17(21)12-19-15)10-9-18-14-5-3-2-4-6-14/h7-8,11-12,14,18H,2-6,9-10H2,1H3. The summed E-state index contributed by atoms with van der Waals surface area (Å²) in [7, 11) is 0. The summed E-state index contributed by atoms with van der Waals surface area (Å²) < 4.78 is 1.84. The van der Waals surface area contributed by atoms with Crippen molar-refractivity contribution in [2.75, 3.05) is 6.54 Å². The van der Waals surface area contributed by atoms with E-state index in [2.05, 4.69) is 10.3 Å². The van der Waals surface area contributed by atoms with E-state index in [0.29, 0.717) is 12.6 Å². The first-order valence-corrected chi connectivity index (χ1v) is 7.93. The molecule has 1 aliphatic rings. The molecule has 0 atom stereocenters. The van der Waals surface area contributed by atoms with Crippen LogP contribution in [0, 0.1) is 6.92 Å². The van der Waals surface area contributed by atoms with Crippen LogP contribution in [0.3, 0.4) is 0 Å². The molecule has 1 fully saturated rings. The van der Waals surface area contributed by atoms with Crippen LogP contribution in [0.25, 0.3) is 11.0 Å². The Morgan fingerprint density at radius 2 is 2.10 bits per heavy atom. The lowest BCUT2D eigenvalue weighted by molar-refractivity contribution is 0.368. The lowest BCUT2D eigenvalue weighted by atomic mass is 9.95. The Hall–Kier alpha value is -1.68. The average molecular weight is 285 g/mol. The maximum Gasteiger partial charge on any atom is 0.269 e. The van der Waals surface area contributed by atoms with Crippen LogP contribution < -0.4 is 10.9 Å². The maximum absolute atomic E-state index is 12.1. The average Bonchev–Trinajstić information content (AvgIpc) is 2.50. The summed E-state index contributed by atoms with van der Waals surface area (Å²) in [6, 6.07) is 6.69. The molecule has 1 aromatic carbocycles. The van der Waals surface area contributed by atoms with Crippen LogP contribution in [0.15, 0.2) is 29.2 Å². The summed E-state index contributed by atoms with van der Waals surface area (Å²) in [4.78, 5) is 16.3. The highest BCUT2D eigenvalue weighted by molar-refractivity contribution is 5.75. The minimum Gasteiger partial charge on any atom is -0.312 e. The molecule has 2 aromatic rings. The summed E-state index contributed by atoms with van der Waals surface area (Å²) >= 11 is 0. The third-order valence-electron chi connectivity index (χ3n) is 4.38. The molecule has 21 heavy (non-hydrogen) atoms. The summed E-state index contributed by atoms with van der Waals surface area (Å²) in [6.45, 7) is 3.59. The van der Waals surface area contributed by atoms with Gasteiger partial charge in [-0.3, -0.25) is 4.79 Å². The summed E-state index contributed by atoms with van der Waals surface area (Å²) in [5, 5.41) is 3.60. The third kappa shape index (κ3) is 3.32. The van der Waals surface area contributed by atoms with Crippen molar-refractivity contribution >= 4 is 11.0 Å². The Labute approximate surface area is 125 Å². The fourth-order valence-corrected chi connectivity index (χ4v) is 3.19. The smallest absolute Gasteiger partial charge is 0.269 e. The molecule has 112 valence electrons. The van der Waals surface area contributed by atoms with Gasteiger partial charge in [0.2, 0.25) is 0 Å². The van der Waals surface area contributed by atoms with Gasteiger partial charge < -0.3 is 9.88 Å². The van der Waals surface area contributed by atoms with Crippen LogP contribution in [0.1, 0.15) is 37.7 Å². The zero-order chi connectivity index (χ0) is 14.7. The number of benzene rings is 1. The Morgan fingerprint density at radius 1 is 1.29 bits per heavy atom. The van der Waals surface area contributed by atoms with E-state index < -0.39 is 0 Å². The van der Waals surface area contributed by atoms with E-state index in [9.17, 15) is 4.79 Å². The fourth-order valence-electron chi connectivity index (χ4n) is 3.19. The summed E-state index contributed by atoms with van der Waals surface area (Å²) in [5.74, 6) is 0. The molecule has 1 saturated carbocycles. The minimum atomic E-state index is -0.0152. The van der Waals surface area contributed by atoms with Gasteiger partial charge in [0.1, 0.15) is 0 Å². The molecular formula is C17H23N3O. The van der Waals surface area contributed by atoms with Crippen molar-refractivity contribution in [1.82, 2.24) is 14.9 Å². The SMILES string of the molecule is Cc1ccc2ncc(=O)n(CCNC3CCCCC3)c2c1. The quantitative estimate of drug-likeness (QED) is 0.939. The Kier molecular flexibility index (Phi) is 4.34. The molecular weight excluding hydrogens is 262 g/mol.